The Morgan fingerprint density at radius 2 is 1.83 bits per heavy atom. The molecule has 3 aromatic rings. The minimum Gasteiger partial charge on any atom is -0.478 e. The number of halogens is 1. The van der Waals surface area contributed by atoms with E-state index in [1.807, 2.05) is 0 Å². The van der Waals surface area contributed by atoms with E-state index in [4.69, 9.17) is 21.4 Å². The fourth-order valence-electron chi connectivity index (χ4n) is 2.90. The molecular formula is C21H13ClN2O4S. The van der Waals surface area contributed by atoms with Crippen LogP contribution in [0, 0.1) is 5.41 Å². The number of anilines is 1. The summed E-state index contributed by atoms with van der Waals surface area (Å²) in [6.07, 6.45) is 1.55. The number of furan rings is 1. The second kappa shape index (κ2) is 7.62. The molecule has 1 amide bonds. The maximum Gasteiger partial charge on any atom is 0.336 e. The van der Waals surface area contributed by atoms with Crippen LogP contribution in [0.3, 0.4) is 0 Å². The molecule has 4 rings (SSSR count). The number of rotatable bonds is 4. The first-order valence-electron chi connectivity index (χ1n) is 8.44. The molecule has 0 atom stereocenters. The third-order valence-electron chi connectivity index (χ3n) is 4.23. The highest BCUT2D eigenvalue weighted by Gasteiger charge is 2.33. The van der Waals surface area contributed by atoms with Crippen molar-refractivity contribution in [2.75, 3.05) is 4.90 Å². The number of amidine groups is 1. The number of hydrogen-bond donors (Lipinski definition) is 2. The molecule has 2 heterocycles. The molecule has 2 aromatic carbocycles. The topological polar surface area (TPSA) is 94.6 Å². The van der Waals surface area contributed by atoms with E-state index in [9.17, 15) is 14.7 Å². The summed E-state index contributed by atoms with van der Waals surface area (Å²) in [5.41, 5.74) is 1.13. The molecular weight excluding hydrogens is 412 g/mol. The van der Waals surface area contributed by atoms with Crippen molar-refractivity contribution in [2.24, 2.45) is 0 Å². The van der Waals surface area contributed by atoms with Crippen molar-refractivity contribution in [2.45, 2.75) is 0 Å². The lowest BCUT2D eigenvalue weighted by molar-refractivity contribution is -0.113. The van der Waals surface area contributed by atoms with Gasteiger partial charge < -0.3 is 9.52 Å². The number of nitrogens with one attached hydrogen (secondary N) is 1. The van der Waals surface area contributed by atoms with Crippen LogP contribution in [0.25, 0.3) is 17.4 Å². The van der Waals surface area contributed by atoms with Gasteiger partial charge in [0.25, 0.3) is 5.91 Å². The number of carbonyl (C=O) groups is 2. The van der Waals surface area contributed by atoms with E-state index in [2.05, 4.69) is 0 Å². The molecule has 144 valence electrons. The summed E-state index contributed by atoms with van der Waals surface area (Å²) in [4.78, 5) is 25.8. The number of carboxylic acid groups (broad SMARTS) is 1. The maximum atomic E-state index is 12.8. The zero-order valence-electron chi connectivity index (χ0n) is 14.8. The number of thioether (sulfide) groups is 1. The second-order valence-electron chi connectivity index (χ2n) is 6.09. The lowest BCUT2D eigenvalue weighted by Gasteiger charge is -2.14. The minimum absolute atomic E-state index is 0.0755. The highest BCUT2D eigenvalue weighted by molar-refractivity contribution is 8.19. The molecule has 6 nitrogen and oxygen atoms in total. The molecule has 1 saturated heterocycles. The van der Waals surface area contributed by atoms with Gasteiger partial charge in [-0.15, -0.1) is 0 Å². The van der Waals surface area contributed by atoms with Crippen molar-refractivity contribution in [3.8, 4) is 11.3 Å². The summed E-state index contributed by atoms with van der Waals surface area (Å²) < 4.78 is 5.75. The van der Waals surface area contributed by atoms with Gasteiger partial charge in [-0.25, -0.2) is 4.79 Å². The van der Waals surface area contributed by atoms with Crippen LogP contribution in [0.5, 0.6) is 0 Å². The van der Waals surface area contributed by atoms with Crippen LogP contribution in [-0.4, -0.2) is 22.2 Å². The lowest BCUT2D eigenvalue weighted by Crippen LogP contribution is -2.27. The molecule has 8 heteroatoms. The molecule has 29 heavy (non-hydrogen) atoms. The largest absolute Gasteiger partial charge is 0.478 e. The molecule has 0 spiro atoms. The quantitative estimate of drug-likeness (QED) is 0.550. The van der Waals surface area contributed by atoms with Crippen LogP contribution in [0.1, 0.15) is 16.1 Å². The first-order valence-corrected chi connectivity index (χ1v) is 9.64. The molecule has 0 aliphatic carbocycles. The van der Waals surface area contributed by atoms with Gasteiger partial charge >= 0.3 is 5.97 Å². The summed E-state index contributed by atoms with van der Waals surface area (Å²) in [5, 5.41) is 18.1. The summed E-state index contributed by atoms with van der Waals surface area (Å²) in [6.45, 7) is 0. The molecule has 0 unspecified atom stereocenters. The van der Waals surface area contributed by atoms with Gasteiger partial charge in [0.05, 0.1) is 16.2 Å². The van der Waals surface area contributed by atoms with Crippen molar-refractivity contribution in [1.82, 2.24) is 0 Å². The van der Waals surface area contributed by atoms with Gasteiger partial charge in [0.1, 0.15) is 11.5 Å². The highest BCUT2D eigenvalue weighted by atomic mass is 35.5. The molecule has 0 saturated carbocycles. The molecule has 0 radical (unpaired) electrons. The smallest absolute Gasteiger partial charge is 0.336 e. The standard InChI is InChI=1S/C21H13ClN2O4S/c22-12-5-7-13(8-6-12)24-19(25)18(29-21(24)23)11-14-9-10-17(28-14)15-3-1-2-4-16(15)20(26)27/h1-11,23H,(H,26,27)/b18-11+,23-21?. The molecule has 2 N–H and O–H groups in total. The average Bonchev–Trinajstić information content (AvgIpc) is 3.27. The molecule has 1 aromatic heterocycles. The minimum atomic E-state index is -1.05. The normalized spacial score (nSPS) is 15.3. The Hall–Kier alpha value is -3.29. The van der Waals surface area contributed by atoms with E-state index in [1.165, 1.54) is 11.0 Å². The van der Waals surface area contributed by atoms with Gasteiger partial charge in [0.2, 0.25) is 0 Å². The van der Waals surface area contributed by atoms with Gasteiger partial charge in [-0.2, -0.15) is 0 Å². The third-order valence-corrected chi connectivity index (χ3v) is 5.37. The van der Waals surface area contributed by atoms with E-state index in [1.54, 1.807) is 60.7 Å². The van der Waals surface area contributed by atoms with Crippen molar-refractivity contribution >= 4 is 52.2 Å². The first kappa shape index (κ1) is 19.0. The van der Waals surface area contributed by atoms with Gasteiger partial charge in [0, 0.05) is 16.7 Å². The lowest BCUT2D eigenvalue weighted by atomic mass is 10.1. The predicted molar refractivity (Wildman–Crippen MR) is 113 cm³/mol. The van der Waals surface area contributed by atoms with Crippen LogP contribution >= 0.6 is 23.4 Å². The zero-order chi connectivity index (χ0) is 20.5. The predicted octanol–water partition coefficient (Wildman–Crippen LogP) is 5.35. The number of carboxylic acids is 1. The first-order chi connectivity index (χ1) is 13.9. The molecule has 1 fully saturated rings. The fraction of sp³-hybridized carbons (Fsp3) is 0. The van der Waals surface area contributed by atoms with Gasteiger partial charge in [-0.05, 0) is 54.2 Å². The van der Waals surface area contributed by atoms with Crippen LogP contribution in [0.15, 0.2) is 70.0 Å². The van der Waals surface area contributed by atoms with Crippen LogP contribution < -0.4 is 4.90 Å². The average molecular weight is 425 g/mol. The maximum absolute atomic E-state index is 12.8. The Labute approximate surface area is 174 Å². The van der Waals surface area contributed by atoms with E-state index in [0.29, 0.717) is 32.7 Å². The van der Waals surface area contributed by atoms with E-state index in [0.717, 1.165) is 11.8 Å². The van der Waals surface area contributed by atoms with Gasteiger partial charge in [-0.1, -0.05) is 29.8 Å². The van der Waals surface area contributed by atoms with Crippen LogP contribution in [0.4, 0.5) is 5.69 Å². The van der Waals surface area contributed by atoms with Gasteiger partial charge in [0.15, 0.2) is 5.17 Å². The SMILES string of the molecule is N=C1S/C(=C/c2ccc(-c3ccccc3C(=O)O)o2)C(=O)N1c1ccc(Cl)cc1. The van der Waals surface area contributed by atoms with Crippen molar-refractivity contribution in [1.29, 1.82) is 5.41 Å². The van der Waals surface area contributed by atoms with Crippen molar-refractivity contribution < 1.29 is 19.1 Å². The third kappa shape index (κ3) is 3.70. The summed E-state index contributed by atoms with van der Waals surface area (Å²) in [7, 11) is 0. The Morgan fingerprint density at radius 3 is 2.55 bits per heavy atom. The number of nitrogens with zero attached hydrogens (tertiary/aromatic N) is 1. The molecule has 1 aliphatic rings. The monoisotopic (exact) mass is 424 g/mol. The second-order valence-corrected chi connectivity index (χ2v) is 7.55. The Kier molecular flexibility index (Phi) is 5.00. The zero-order valence-corrected chi connectivity index (χ0v) is 16.3. The highest BCUT2D eigenvalue weighted by Crippen LogP contribution is 2.36. The number of aromatic carboxylic acids is 1. The van der Waals surface area contributed by atoms with Crippen LogP contribution in [-0.2, 0) is 4.79 Å². The molecule has 0 bridgehead atoms. The fourth-order valence-corrected chi connectivity index (χ4v) is 3.87. The van der Waals surface area contributed by atoms with Crippen LogP contribution in [0.2, 0.25) is 5.02 Å². The van der Waals surface area contributed by atoms with E-state index >= 15 is 0 Å². The van der Waals surface area contributed by atoms with Crippen molar-refractivity contribution in [3.05, 3.63) is 81.9 Å². The number of benzene rings is 2. The summed E-state index contributed by atoms with van der Waals surface area (Å²) >= 11 is 6.91. The Bertz CT molecular complexity index is 1170. The summed E-state index contributed by atoms with van der Waals surface area (Å²) in [6, 6.07) is 16.5. The number of hydrogen-bond acceptors (Lipinski definition) is 5. The Morgan fingerprint density at radius 1 is 1.10 bits per heavy atom. The number of amides is 1. The molecule has 1 aliphatic heterocycles. The Balaban J connectivity index is 1.63. The summed E-state index contributed by atoms with van der Waals surface area (Å²) in [5.74, 6) is -0.617. The van der Waals surface area contributed by atoms with Crippen molar-refractivity contribution in [3.63, 3.8) is 0 Å². The van der Waals surface area contributed by atoms with E-state index in [-0.39, 0.29) is 16.6 Å². The van der Waals surface area contributed by atoms with Gasteiger partial charge in [-0.3, -0.25) is 15.1 Å². The van der Waals surface area contributed by atoms with E-state index < -0.39 is 5.97 Å². The number of carbonyl (C=O) groups excluding carboxylic acids is 1.